The van der Waals surface area contributed by atoms with Gasteiger partial charge in [0.2, 0.25) is 0 Å². The van der Waals surface area contributed by atoms with Crippen LogP contribution in [-0.4, -0.2) is 13.6 Å². The quantitative estimate of drug-likeness (QED) is 0.742. The Morgan fingerprint density at radius 2 is 2.14 bits per heavy atom. The number of rotatable bonds is 3. The van der Waals surface area contributed by atoms with E-state index in [2.05, 4.69) is 24.9 Å². The van der Waals surface area contributed by atoms with Crippen LogP contribution in [0, 0.1) is 12.8 Å². The lowest BCUT2D eigenvalue weighted by Gasteiger charge is -2.21. The molecule has 1 saturated carbocycles. The highest BCUT2D eigenvalue weighted by molar-refractivity contribution is 5.58. The Labute approximate surface area is 85.7 Å². The van der Waals surface area contributed by atoms with Gasteiger partial charge in [-0.25, -0.2) is 0 Å². The first kappa shape index (κ1) is 9.38. The molecular weight excluding hydrogens is 172 g/mol. The molecule has 0 amide bonds. The summed E-state index contributed by atoms with van der Waals surface area (Å²) >= 11 is 0. The van der Waals surface area contributed by atoms with Gasteiger partial charge in [0.15, 0.2) is 0 Å². The second-order valence-electron chi connectivity index (χ2n) is 4.37. The first-order valence-corrected chi connectivity index (χ1v) is 5.24. The number of nitrogen functional groups attached to an aromatic ring is 1. The van der Waals surface area contributed by atoms with Crippen molar-refractivity contribution in [2.75, 3.05) is 24.2 Å². The normalized spacial score (nSPS) is 15.6. The van der Waals surface area contributed by atoms with E-state index in [9.17, 15) is 0 Å². The average molecular weight is 190 g/mol. The molecule has 1 aliphatic rings. The maximum Gasteiger partial charge on any atom is 0.0394 e. The van der Waals surface area contributed by atoms with Crippen molar-refractivity contribution < 1.29 is 0 Å². The lowest BCUT2D eigenvalue weighted by atomic mass is 10.1. The largest absolute Gasteiger partial charge is 0.399 e. The number of hydrogen-bond acceptors (Lipinski definition) is 2. The van der Waals surface area contributed by atoms with E-state index in [4.69, 9.17) is 5.73 Å². The Hall–Kier alpha value is -1.18. The third-order valence-electron chi connectivity index (χ3n) is 2.86. The van der Waals surface area contributed by atoms with Gasteiger partial charge in [-0.05, 0) is 49.4 Å². The number of hydrogen-bond donors (Lipinski definition) is 1. The van der Waals surface area contributed by atoms with Crippen LogP contribution in [0.1, 0.15) is 18.4 Å². The molecule has 0 radical (unpaired) electrons. The number of aryl methyl sites for hydroxylation is 1. The standard InChI is InChI=1S/C12H18N2/c1-9-7-11(13)5-6-12(9)14(2)8-10-3-4-10/h5-7,10H,3-4,8,13H2,1-2H3. The maximum atomic E-state index is 5.72. The molecule has 0 saturated heterocycles. The van der Waals surface area contributed by atoms with Crippen molar-refractivity contribution in [1.82, 2.24) is 0 Å². The molecule has 2 rings (SSSR count). The molecular formula is C12H18N2. The minimum Gasteiger partial charge on any atom is -0.399 e. The van der Waals surface area contributed by atoms with E-state index in [0.717, 1.165) is 11.6 Å². The van der Waals surface area contributed by atoms with E-state index < -0.39 is 0 Å². The molecule has 0 spiro atoms. The summed E-state index contributed by atoms with van der Waals surface area (Å²) in [6.07, 6.45) is 2.80. The second kappa shape index (κ2) is 3.52. The van der Waals surface area contributed by atoms with Gasteiger partial charge in [-0.1, -0.05) is 0 Å². The van der Waals surface area contributed by atoms with E-state index in [1.807, 2.05) is 12.1 Å². The first-order valence-electron chi connectivity index (χ1n) is 5.24. The number of benzene rings is 1. The fraction of sp³-hybridized carbons (Fsp3) is 0.500. The van der Waals surface area contributed by atoms with Crippen molar-refractivity contribution in [2.45, 2.75) is 19.8 Å². The molecule has 1 aliphatic carbocycles. The van der Waals surface area contributed by atoms with Gasteiger partial charge in [-0.2, -0.15) is 0 Å². The summed E-state index contributed by atoms with van der Waals surface area (Å²) in [5.74, 6) is 0.928. The van der Waals surface area contributed by atoms with Gasteiger partial charge in [0.25, 0.3) is 0 Å². The van der Waals surface area contributed by atoms with Crippen LogP contribution < -0.4 is 10.6 Å². The maximum absolute atomic E-state index is 5.72. The van der Waals surface area contributed by atoms with Gasteiger partial charge < -0.3 is 10.6 Å². The highest BCUT2D eigenvalue weighted by atomic mass is 15.1. The first-order chi connectivity index (χ1) is 6.66. The van der Waals surface area contributed by atoms with Gasteiger partial charge in [0.05, 0.1) is 0 Å². The second-order valence-corrected chi connectivity index (χ2v) is 4.37. The summed E-state index contributed by atoms with van der Waals surface area (Å²) in [7, 11) is 2.16. The molecule has 1 fully saturated rings. The fourth-order valence-electron chi connectivity index (χ4n) is 1.89. The van der Waals surface area contributed by atoms with Crippen molar-refractivity contribution in [3.8, 4) is 0 Å². The zero-order valence-corrected chi connectivity index (χ0v) is 8.96. The third-order valence-corrected chi connectivity index (χ3v) is 2.86. The number of anilines is 2. The van der Waals surface area contributed by atoms with Crippen molar-refractivity contribution in [2.24, 2.45) is 5.92 Å². The number of nitrogens with two attached hydrogens (primary N) is 1. The zero-order valence-electron chi connectivity index (χ0n) is 8.96. The van der Waals surface area contributed by atoms with E-state index in [-0.39, 0.29) is 0 Å². The van der Waals surface area contributed by atoms with Gasteiger partial charge in [0, 0.05) is 25.0 Å². The van der Waals surface area contributed by atoms with Crippen LogP contribution in [0.3, 0.4) is 0 Å². The van der Waals surface area contributed by atoms with Crippen molar-refractivity contribution in [3.05, 3.63) is 23.8 Å². The molecule has 0 heterocycles. The average Bonchev–Trinajstić information content (AvgIpc) is 2.87. The minimum atomic E-state index is 0.853. The Bertz CT molecular complexity index is 329. The van der Waals surface area contributed by atoms with Gasteiger partial charge in [-0.3, -0.25) is 0 Å². The van der Waals surface area contributed by atoms with Crippen molar-refractivity contribution in [3.63, 3.8) is 0 Å². The summed E-state index contributed by atoms with van der Waals surface area (Å²) in [5.41, 5.74) is 9.16. The van der Waals surface area contributed by atoms with Crippen molar-refractivity contribution >= 4 is 11.4 Å². The molecule has 76 valence electrons. The van der Waals surface area contributed by atoms with Crippen LogP contribution in [-0.2, 0) is 0 Å². The van der Waals surface area contributed by atoms with E-state index in [1.54, 1.807) is 0 Å². The monoisotopic (exact) mass is 190 g/mol. The van der Waals surface area contributed by atoms with Crippen molar-refractivity contribution in [1.29, 1.82) is 0 Å². The van der Waals surface area contributed by atoms with E-state index in [0.29, 0.717) is 0 Å². The topological polar surface area (TPSA) is 29.3 Å². The molecule has 14 heavy (non-hydrogen) atoms. The minimum absolute atomic E-state index is 0.853. The molecule has 0 bridgehead atoms. The van der Waals surface area contributed by atoms with Crippen LogP contribution in [0.15, 0.2) is 18.2 Å². The molecule has 0 aromatic heterocycles. The Kier molecular flexibility index (Phi) is 2.36. The summed E-state index contributed by atoms with van der Waals surface area (Å²) in [5, 5.41) is 0. The van der Waals surface area contributed by atoms with Crippen LogP contribution >= 0.6 is 0 Å². The Morgan fingerprint density at radius 3 is 2.71 bits per heavy atom. The molecule has 2 N–H and O–H groups in total. The lowest BCUT2D eigenvalue weighted by Crippen LogP contribution is -2.20. The summed E-state index contributed by atoms with van der Waals surface area (Å²) < 4.78 is 0. The highest BCUT2D eigenvalue weighted by Gasteiger charge is 2.23. The Balaban J connectivity index is 2.13. The van der Waals surface area contributed by atoms with Gasteiger partial charge in [-0.15, -0.1) is 0 Å². The molecule has 1 aromatic rings. The van der Waals surface area contributed by atoms with Gasteiger partial charge >= 0.3 is 0 Å². The summed E-state index contributed by atoms with van der Waals surface area (Å²) in [4.78, 5) is 2.34. The highest BCUT2D eigenvalue weighted by Crippen LogP contribution is 2.31. The molecule has 0 aliphatic heterocycles. The number of nitrogens with zero attached hydrogens (tertiary/aromatic N) is 1. The smallest absolute Gasteiger partial charge is 0.0394 e. The molecule has 1 aromatic carbocycles. The van der Waals surface area contributed by atoms with Crippen LogP contribution in [0.2, 0.25) is 0 Å². The van der Waals surface area contributed by atoms with E-state index >= 15 is 0 Å². The molecule has 2 heteroatoms. The fourth-order valence-corrected chi connectivity index (χ4v) is 1.89. The SMILES string of the molecule is Cc1cc(N)ccc1N(C)CC1CC1. The van der Waals surface area contributed by atoms with Crippen LogP contribution in [0.4, 0.5) is 11.4 Å². The predicted octanol–water partition coefficient (Wildman–Crippen LogP) is 2.42. The van der Waals surface area contributed by atoms with Gasteiger partial charge in [0.1, 0.15) is 0 Å². The summed E-state index contributed by atoms with van der Waals surface area (Å²) in [6, 6.07) is 6.14. The zero-order chi connectivity index (χ0) is 10.1. The van der Waals surface area contributed by atoms with Crippen LogP contribution in [0.5, 0.6) is 0 Å². The molecule has 0 atom stereocenters. The summed E-state index contributed by atoms with van der Waals surface area (Å²) in [6.45, 7) is 3.31. The van der Waals surface area contributed by atoms with E-state index in [1.165, 1.54) is 30.6 Å². The lowest BCUT2D eigenvalue weighted by molar-refractivity contribution is 0.785. The molecule has 0 unspecified atom stereocenters. The molecule has 2 nitrogen and oxygen atoms in total. The predicted molar refractivity (Wildman–Crippen MR) is 61.6 cm³/mol. The third kappa shape index (κ3) is 2.00. The Morgan fingerprint density at radius 1 is 1.43 bits per heavy atom. The van der Waals surface area contributed by atoms with Crippen LogP contribution in [0.25, 0.3) is 0 Å².